The number of rotatable bonds is 5. The number of carbonyl (C=O) groups is 2. The molecular formula is C11H14N4O3. The fourth-order valence-corrected chi connectivity index (χ4v) is 1.42. The van der Waals surface area contributed by atoms with Crippen LogP contribution in [0.2, 0.25) is 0 Å². The second-order valence-corrected chi connectivity index (χ2v) is 4.27. The highest BCUT2D eigenvalue weighted by atomic mass is 16.4. The Morgan fingerprint density at radius 3 is 2.56 bits per heavy atom. The van der Waals surface area contributed by atoms with Gasteiger partial charge in [-0.05, 0) is 12.8 Å². The predicted octanol–water partition coefficient (Wildman–Crippen LogP) is -0.110. The molecule has 0 bridgehead atoms. The minimum Gasteiger partial charge on any atom is -0.478 e. The summed E-state index contributed by atoms with van der Waals surface area (Å²) in [5.74, 6) is -0.826. The molecule has 1 heterocycles. The number of likely N-dealkylation sites (N-methyl/N-ethyl adjacent to an activating group) is 1. The van der Waals surface area contributed by atoms with E-state index in [1.54, 1.807) is 11.9 Å². The predicted molar refractivity (Wildman–Crippen MR) is 63.4 cm³/mol. The lowest BCUT2D eigenvalue weighted by Gasteiger charge is -2.16. The lowest BCUT2D eigenvalue weighted by Crippen LogP contribution is -2.36. The summed E-state index contributed by atoms with van der Waals surface area (Å²) in [5, 5.41) is 11.6. The molecule has 1 amide bonds. The van der Waals surface area contributed by atoms with E-state index < -0.39 is 5.97 Å². The molecule has 1 aliphatic rings. The maximum atomic E-state index is 11.5. The van der Waals surface area contributed by atoms with Crippen molar-refractivity contribution in [1.82, 2.24) is 15.3 Å². The molecule has 1 aromatic rings. The number of nitrogens with zero attached hydrogens (tertiary/aromatic N) is 3. The number of carboxylic acids is 1. The van der Waals surface area contributed by atoms with Gasteiger partial charge in [-0.3, -0.25) is 4.79 Å². The van der Waals surface area contributed by atoms with Crippen LogP contribution in [0.15, 0.2) is 12.4 Å². The largest absolute Gasteiger partial charge is 0.478 e. The molecular weight excluding hydrogens is 236 g/mol. The summed E-state index contributed by atoms with van der Waals surface area (Å²) in [5.41, 5.74) is 0.0228. The normalized spacial score (nSPS) is 14.1. The van der Waals surface area contributed by atoms with Crippen molar-refractivity contribution in [3.05, 3.63) is 18.0 Å². The Bertz CT molecular complexity index is 456. The van der Waals surface area contributed by atoms with Crippen molar-refractivity contribution in [2.24, 2.45) is 0 Å². The first kappa shape index (κ1) is 12.3. The maximum Gasteiger partial charge on any atom is 0.338 e. The minimum absolute atomic E-state index is 0.0228. The topological polar surface area (TPSA) is 95.4 Å². The first-order valence-electron chi connectivity index (χ1n) is 5.62. The summed E-state index contributed by atoms with van der Waals surface area (Å²) in [4.78, 5) is 31.6. The molecule has 2 rings (SSSR count). The standard InChI is InChI=1S/C11H14N4O3/c1-15(6-9(16)14-8-2-3-8)11-12-4-7(5-13-11)10(17)18/h4-5,8H,2-3,6H2,1H3,(H,14,16)(H,17,18). The van der Waals surface area contributed by atoms with Crippen LogP contribution in [-0.4, -0.2) is 46.6 Å². The molecule has 1 fully saturated rings. The molecule has 7 heteroatoms. The first-order chi connectivity index (χ1) is 8.56. The number of carboxylic acid groups (broad SMARTS) is 1. The molecule has 18 heavy (non-hydrogen) atoms. The van der Waals surface area contributed by atoms with Gasteiger partial charge in [0.2, 0.25) is 11.9 Å². The first-order valence-corrected chi connectivity index (χ1v) is 5.62. The van der Waals surface area contributed by atoms with Gasteiger partial charge in [-0.25, -0.2) is 14.8 Å². The van der Waals surface area contributed by atoms with Crippen LogP contribution in [0.1, 0.15) is 23.2 Å². The van der Waals surface area contributed by atoms with E-state index >= 15 is 0 Å². The second-order valence-electron chi connectivity index (χ2n) is 4.27. The van der Waals surface area contributed by atoms with Crippen LogP contribution in [0.5, 0.6) is 0 Å². The van der Waals surface area contributed by atoms with Gasteiger partial charge in [-0.1, -0.05) is 0 Å². The van der Waals surface area contributed by atoms with Crippen LogP contribution in [0, 0.1) is 0 Å². The van der Waals surface area contributed by atoms with E-state index in [0.717, 1.165) is 12.8 Å². The molecule has 0 radical (unpaired) electrons. The third kappa shape index (κ3) is 3.16. The molecule has 1 saturated carbocycles. The molecule has 2 N–H and O–H groups in total. The second kappa shape index (κ2) is 4.99. The quantitative estimate of drug-likeness (QED) is 0.757. The van der Waals surface area contributed by atoms with Crippen LogP contribution >= 0.6 is 0 Å². The Hall–Kier alpha value is -2.18. The molecule has 0 aromatic carbocycles. The highest BCUT2D eigenvalue weighted by Gasteiger charge is 2.23. The summed E-state index contributed by atoms with van der Waals surface area (Å²) in [6.45, 7) is 0.156. The fraction of sp³-hybridized carbons (Fsp3) is 0.455. The van der Waals surface area contributed by atoms with Crippen LogP contribution in [0.25, 0.3) is 0 Å². The Morgan fingerprint density at radius 1 is 1.44 bits per heavy atom. The molecule has 0 atom stereocenters. The van der Waals surface area contributed by atoms with Crippen molar-refractivity contribution in [3.63, 3.8) is 0 Å². The minimum atomic E-state index is -1.07. The lowest BCUT2D eigenvalue weighted by atomic mass is 10.3. The van der Waals surface area contributed by atoms with E-state index in [0.29, 0.717) is 12.0 Å². The Balaban J connectivity index is 1.92. The van der Waals surface area contributed by atoms with E-state index in [1.165, 1.54) is 12.4 Å². The van der Waals surface area contributed by atoms with Crippen molar-refractivity contribution < 1.29 is 14.7 Å². The molecule has 0 spiro atoms. The average Bonchev–Trinajstić information content (AvgIpc) is 3.12. The van der Waals surface area contributed by atoms with Crippen LogP contribution in [0.3, 0.4) is 0 Å². The van der Waals surface area contributed by atoms with Gasteiger partial charge in [0.25, 0.3) is 0 Å². The van der Waals surface area contributed by atoms with E-state index in [4.69, 9.17) is 5.11 Å². The number of hydrogen-bond donors (Lipinski definition) is 2. The Morgan fingerprint density at radius 2 is 2.06 bits per heavy atom. The third-order valence-corrected chi connectivity index (χ3v) is 2.55. The average molecular weight is 250 g/mol. The summed E-state index contributed by atoms with van der Waals surface area (Å²) >= 11 is 0. The molecule has 0 aliphatic heterocycles. The number of hydrogen-bond acceptors (Lipinski definition) is 5. The van der Waals surface area contributed by atoms with Gasteiger partial charge in [0, 0.05) is 25.5 Å². The lowest BCUT2D eigenvalue weighted by molar-refractivity contribution is -0.119. The third-order valence-electron chi connectivity index (χ3n) is 2.55. The van der Waals surface area contributed by atoms with Crippen molar-refractivity contribution in [1.29, 1.82) is 0 Å². The van der Waals surface area contributed by atoms with Gasteiger partial charge in [0.15, 0.2) is 0 Å². The summed E-state index contributed by atoms with van der Waals surface area (Å²) < 4.78 is 0. The monoisotopic (exact) mass is 250 g/mol. The van der Waals surface area contributed by atoms with Gasteiger partial charge < -0.3 is 15.3 Å². The van der Waals surface area contributed by atoms with Crippen molar-refractivity contribution in [3.8, 4) is 0 Å². The number of nitrogens with one attached hydrogen (secondary N) is 1. The number of amides is 1. The molecule has 96 valence electrons. The van der Waals surface area contributed by atoms with E-state index in [9.17, 15) is 9.59 Å². The van der Waals surface area contributed by atoms with Gasteiger partial charge in [0.1, 0.15) is 0 Å². The fourth-order valence-electron chi connectivity index (χ4n) is 1.42. The SMILES string of the molecule is CN(CC(=O)NC1CC1)c1ncc(C(=O)O)cn1. The molecule has 1 aromatic heterocycles. The summed E-state index contributed by atoms with van der Waals surface area (Å²) in [6.07, 6.45) is 4.53. The van der Waals surface area contributed by atoms with E-state index in [-0.39, 0.29) is 18.0 Å². The number of aromatic nitrogens is 2. The Kier molecular flexibility index (Phi) is 3.40. The highest BCUT2D eigenvalue weighted by molar-refractivity contribution is 5.87. The van der Waals surface area contributed by atoms with Gasteiger partial charge in [-0.15, -0.1) is 0 Å². The van der Waals surface area contributed by atoms with E-state index in [2.05, 4.69) is 15.3 Å². The molecule has 0 saturated heterocycles. The smallest absolute Gasteiger partial charge is 0.338 e. The van der Waals surface area contributed by atoms with Crippen LogP contribution in [-0.2, 0) is 4.79 Å². The van der Waals surface area contributed by atoms with Crippen molar-refractivity contribution in [2.45, 2.75) is 18.9 Å². The van der Waals surface area contributed by atoms with Gasteiger partial charge in [-0.2, -0.15) is 0 Å². The van der Waals surface area contributed by atoms with Crippen LogP contribution in [0.4, 0.5) is 5.95 Å². The molecule has 0 unspecified atom stereocenters. The van der Waals surface area contributed by atoms with Crippen LogP contribution < -0.4 is 10.2 Å². The zero-order valence-corrected chi connectivity index (χ0v) is 9.96. The molecule has 7 nitrogen and oxygen atoms in total. The van der Waals surface area contributed by atoms with E-state index in [1.807, 2.05) is 0 Å². The van der Waals surface area contributed by atoms with Gasteiger partial charge in [0.05, 0.1) is 12.1 Å². The zero-order valence-electron chi connectivity index (χ0n) is 9.96. The number of carbonyl (C=O) groups excluding carboxylic acids is 1. The summed E-state index contributed by atoms with van der Waals surface area (Å²) in [6, 6.07) is 0.321. The van der Waals surface area contributed by atoms with Crippen molar-refractivity contribution >= 4 is 17.8 Å². The van der Waals surface area contributed by atoms with Gasteiger partial charge >= 0.3 is 5.97 Å². The maximum absolute atomic E-state index is 11.5. The summed E-state index contributed by atoms with van der Waals surface area (Å²) in [7, 11) is 1.68. The molecule has 1 aliphatic carbocycles. The van der Waals surface area contributed by atoms with Crippen molar-refractivity contribution in [2.75, 3.05) is 18.5 Å². The Labute approximate surface area is 104 Å². The zero-order chi connectivity index (χ0) is 13.1. The number of anilines is 1. The highest BCUT2D eigenvalue weighted by Crippen LogP contribution is 2.18. The number of aromatic carboxylic acids is 1.